The van der Waals surface area contributed by atoms with Crippen LogP contribution in [0.15, 0.2) is 23.3 Å². The van der Waals surface area contributed by atoms with Gasteiger partial charge in [-0.2, -0.15) is 0 Å². The van der Waals surface area contributed by atoms with Gasteiger partial charge in [0, 0.05) is 16.2 Å². The monoisotopic (exact) mass is 780 g/mol. The normalized spacial score (nSPS) is 54.9. The van der Waals surface area contributed by atoms with E-state index in [1.54, 1.807) is 6.92 Å². The van der Waals surface area contributed by atoms with Crippen LogP contribution in [0.5, 0.6) is 0 Å². The highest BCUT2D eigenvalue weighted by Crippen LogP contribution is 2.74. The van der Waals surface area contributed by atoms with Gasteiger partial charge < -0.3 is 64.9 Å². The highest BCUT2D eigenvalue weighted by molar-refractivity contribution is 5.47. The van der Waals surface area contributed by atoms with E-state index >= 15 is 0 Å². The van der Waals surface area contributed by atoms with Gasteiger partial charge in [0.05, 0.1) is 38.1 Å². The lowest BCUT2D eigenvalue weighted by molar-refractivity contribution is -0.367. The molecule has 0 unspecified atom stereocenters. The molecule has 0 aromatic carbocycles. The van der Waals surface area contributed by atoms with E-state index in [0.29, 0.717) is 12.8 Å². The van der Waals surface area contributed by atoms with Crippen LogP contribution in [0, 0.1) is 44.3 Å². The standard InChI is InChI=1S/C42H68O13/c1-21-29(47)34(55-35-32(50)31(49)30(48)24(18-43)53-35)33(51)36(52-21)54-28-11-12-38(4)25(39(28,5)19-44)10-13-40(6)26(38)9-8-22-23-16-37(2,3)14-15-42(23,20-45)27(46)17-41(22,40)7/h8-9,21,24-36,43-51H,10-20H2,1-7H3/t21-,24-,25-,26-,27-,28+,29+,30-,31+,32-,33-,34+,35+,36+,38-,39+,40-,41-,42-/m1/s1. The van der Waals surface area contributed by atoms with Crippen LogP contribution in [0.1, 0.15) is 99.8 Å². The molecule has 2 heterocycles. The Morgan fingerprint density at radius 2 is 1.44 bits per heavy atom. The third-order valence-electron chi connectivity index (χ3n) is 16.8. The number of rotatable bonds is 7. The molecule has 7 aliphatic rings. The van der Waals surface area contributed by atoms with Gasteiger partial charge in [-0.3, -0.25) is 0 Å². The number of allylic oxidation sites excluding steroid dienone is 3. The van der Waals surface area contributed by atoms with Crippen LogP contribution in [-0.2, 0) is 18.9 Å². The Morgan fingerprint density at radius 1 is 0.745 bits per heavy atom. The van der Waals surface area contributed by atoms with Crippen molar-refractivity contribution in [1.82, 2.24) is 0 Å². The molecule has 55 heavy (non-hydrogen) atoms. The Bertz CT molecular complexity index is 1500. The molecule has 0 aromatic heterocycles. The lowest BCUT2D eigenvalue weighted by atomic mass is 9.35. The average Bonchev–Trinajstić information content (AvgIpc) is 3.13. The van der Waals surface area contributed by atoms with Gasteiger partial charge in [0.1, 0.15) is 42.7 Å². The van der Waals surface area contributed by atoms with Crippen LogP contribution in [-0.4, -0.2) is 139 Å². The molecule has 13 heteroatoms. The molecule has 0 spiro atoms. The number of hydrogen-bond donors (Lipinski definition) is 9. The average molecular weight is 781 g/mol. The summed E-state index contributed by atoms with van der Waals surface area (Å²) in [5.74, 6) is 0.154. The zero-order valence-corrected chi connectivity index (χ0v) is 33.7. The van der Waals surface area contributed by atoms with Crippen molar-refractivity contribution in [3.05, 3.63) is 23.3 Å². The Hall–Kier alpha value is -1.04. The van der Waals surface area contributed by atoms with E-state index in [-0.39, 0.29) is 46.7 Å². The molecule has 0 bridgehead atoms. The molecule has 19 atom stereocenters. The lowest BCUT2D eigenvalue weighted by Crippen LogP contribution is -2.67. The summed E-state index contributed by atoms with van der Waals surface area (Å²) in [4.78, 5) is 0. The maximum atomic E-state index is 12.0. The summed E-state index contributed by atoms with van der Waals surface area (Å²) < 4.78 is 24.0. The van der Waals surface area contributed by atoms with Crippen LogP contribution >= 0.6 is 0 Å². The van der Waals surface area contributed by atoms with Gasteiger partial charge in [-0.15, -0.1) is 0 Å². The van der Waals surface area contributed by atoms with Gasteiger partial charge in [0.25, 0.3) is 0 Å². The second kappa shape index (κ2) is 14.3. The fourth-order valence-corrected chi connectivity index (χ4v) is 13.0. The highest BCUT2D eigenvalue weighted by atomic mass is 16.7. The first kappa shape index (κ1) is 42.1. The topological polar surface area (TPSA) is 219 Å². The molecule has 2 saturated heterocycles. The smallest absolute Gasteiger partial charge is 0.187 e. The van der Waals surface area contributed by atoms with E-state index in [2.05, 4.69) is 46.8 Å². The Kier molecular flexibility index (Phi) is 11.0. The second-order valence-corrected chi connectivity index (χ2v) is 20.3. The Labute approximate surface area is 325 Å². The zero-order valence-electron chi connectivity index (χ0n) is 33.7. The van der Waals surface area contributed by atoms with Crippen molar-refractivity contribution in [2.24, 2.45) is 44.3 Å². The quantitative estimate of drug-likeness (QED) is 0.168. The highest BCUT2D eigenvalue weighted by Gasteiger charge is 2.69. The van der Waals surface area contributed by atoms with Crippen molar-refractivity contribution >= 4 is 0 Å². The lowest BCUT2D eigenvalue weighted by Gasteiger charge is -2.70. The molecular weight excluding hydrogens is 712 g/mol. The largest absolute Gasteiger partial charge is 0.396 e. The van der Waals surface area contributed by atoms with Crippen molar-refractivity contribution in [3.8, 4) is 0 Å². The summed E-state index contributed by atoms with van der Waals surface area (Å²) in [6.07, 6.45) is -4.63. The van der Waals surface area contributed by atoms with Crippen molar-refractivity contribution in [2.75, 3.05) is 19.8 Å². The number of ether oxygens (including phenoxy) is 4. The molecule has 9 N–H and O–H groups in total. The van der Waals surface area contributed by atoms with E-state index in [1.165, 1.54) is 11.1 Å². The minimum atomic E-state index is -1.73. The van der Waals surface area contributed by atoms with Gasteiger partial charge >= 0.3 is 0 Å². The van der Waals surface area contributed by atoms with Gasteiger partial charge in [0.2, 0.25) is 0 Å². The van der Waals surface area contributed by atoms with E-state index in [4.69, 9.17) is 18.9 Å². The zero-order chi connectivity index (χ0) is 40.3. The summed E-state index contributed by atoms with van der Waals surface area (Å²) in [6.45, 7) is 14.4. The predicted molar refractivity (Wildman–Crippen MR) is 199 cm³/mol. The third kappa shape index (κ3) is 6.12. The van der Waals surface area contributed by atoms with Crippen LogP contribution < -0.4 is 0 Å². The summed E-state index contributed by atoms with van der Waals surface area (Å²) in [6, 6.07) is 0. The van der Waals surface area contributed by atoms with Gasteiger partial charge in [-0.25, -0.2) is 0 Å². The van der Waals surface area contributed by atoms with Crippen molar-refractivity contribution in [2.45, 2.75) is 173 Å². The molecule has 3 saturated carbocycles. The molecule has 7 rings (SSSR count). The Balaban J connectivity index is 1.15. The maximum absolute atomic E-state index is 12.0. The Morgan fingerprint density at radius 3 is 2.09 bits per heavy atom. The summed E-state index contributed by atoms with van der Waals surface area (Å²) in [5, 5.41) is 97.6. The van der Waals surface area contributed by atoms with Gasteiger partial charge in [-0.1, -0.05) is 59.3 Å². The molecule has 13 nitrogen and oxygen atoms in total. The fourth-order valence-electron chi connectivity index (χ4n) is 13.0. The summed E-state index contributed by atoms with van der Waals surface area (Å²) in [7, 11) is 0. The molecule has 314 valence electrons. The number of aliphatic hydroxyl groups is 9. The van der Waals surface area contributed by atoms with Crippen molar-refractivity contribution in [1.29, 1.82) is 0 Å². The van der Waals surface area contributed by atoms with Crippen LogP contribution in [0.25, 0.3) is 0 Å². The van der Waals surface area contributed by atoms with Crippen LogP contribution in [0.4, 0.5) is 0 Å². The molecule has 5 aliphatic carbocycles. The summed E-state index contributed by atoms with van der Waals surface area (Å²) >= 11 is 0. The fraction of sp³-hybridized carbons (Fsp3) is 0.905. The first-order valence-corrected chi connectivity index (χ1v) is 20.6. The molecule has 0 aromatic rings. The minimum Gasteiger partial charge on any atom is -0.396 e. The third-order valence-corrected chi connectivity index (χ3v) is 16.8. The van der Waals surface area contributed by atoms with Crippen molar-refractivity contribution < 1.29 is 64.9 Å². The predicted octanol–water partition coefficient (Wildman–Crippen LogP) is 1.68. The first-order valence-electron chi connectivity index (χ1n) is 20.6. The van der Waals surface area contributed by atoms with Gasteiger partial charge in [-0.05, 0) is 91.9 Å². The maximum Gasteiger partial charge on any atom is 0.187 e. The summed E-state index contributed by atoms with van der Waals surface area (Å²) in [5.41, 5.74) is 0.476. The van der Waals surface area contributed by atoms with E-state index in [1.807, 2.05) is 6.92 Å². The molecular formula is C42H68O13. The van der Waals surface area contributed by atoms with E-state index in [0.717, 1.165) is 38.5 Å². The second-order valence-electron chi connectivity index (χ2n) is 20.3. The van der Waals surface area contributed by atoms with Gasteiger partial charge in [0.15, 0.2) is 12.6 Å². The molecule has 0 amide bonds. The van der Waals surface area contributed by atoms with E-state index in [9.17, 15) is 46.0 Å². The number of hydrogen-bond acceptors (Lipinski definition) is 13. The number of aliphatic hydroxyl groups excluding tert-OH is 9. The minimum absolute atomic E-state index is 0.0212. The van der Waals surface area contributed by atoms with Crippen molar-refractivity contribution in [3.63, 3.8) is 0 Å². The molecule has 2 aliphatic heterocycles. The van der Waals surface area contributed by atoms with Crippen LogP contribution in [0.3, 0.4) is 0 Å². The SMILES string of the molecule is C[C@H]1O[C@@H](O[C@H]2CC[C@]3(C)[C@@H](CC[C@]4(C)[C@@H]3C=CC3=C5CC(C)(C)CC[C@]5(CO)[C@H](O)C[C@]34C)[C@]2(C)CO)[C@H](O)[C@@H](O[C@@H]2O[C@H](CO)[C@@H](O)[C@H](O)[C@H]2O)[C@H]1O. The van der Waals surface area contributed by atoms with E-state index < -0.39 is 91.1 Å². The first-order chi connectivity index (χ1) is 25.7. The molecule has 5 fully saturated rings. The van der Waals surface area contributed by atoms with Crippen LogP contribution in [0.2, 0.25) is 0 Å². The number of fused-ring (bicyclic) bond motifs is 6. The molecule has 0 radical (unpaired) electrons.